The van der Waals surface area contributed by atoms with Crippen molar-refractivity contribution in [3.63, 3.8) is 0 Å². The van der Waals surface area contributed by atoms with Crippen LogP contribution in [0, 0.1) is 6.92 Å². The van der Waals surface area contributed by atoms with Crippen LogP contribution in [0.25, 0.3) is 16.6 Å². The zero-order chi connectivity index (χ0) is 25.2. The summed E-state index contributed by atoms with van der Waals surface area (Å²) in [5.41, 5.74) is 4.32. The molecule has 0 bridgehead atoms. The van der Waals surface area contributed by atoms with Crippen LogP contribution in [0.3, 0.4) is 0 Å². The molecule has 2 saturated heterocycles. The van der Waals surface area contributed by atoms with Gasteiger partial charge in [-0.3, -0.25) is 9.30 Å². The summed E-state index contributed by atoms with van der Waals surface area (Å²) in [6.07, 6.45) is 4.41. The van der Waals surface area contributed by atoms with E-state index < -0.39 is 0 Å². The molecule has 37 heavy (non-hydrogen) atoms. The molecule has 0 aliphatic carbocycles. The summed E-state index contributed by atoms with van der Waals surface area (Å²) in [5, 5.41) is 4.06. The first kappa shape index (κ1) is 24.2. The first-order chi connectivity index (χ1) is 18.2. The fraction of sp³-hybridized carbons (Fsp3) is 0.407. The topological polar surface area (TPSA) is 82.4 Å². The Morgan fingerprint density at radius 2 is 2.00 bits per heavy atom. The summed E-state index contributed by atoms with van der Waals surface area (Å²) in [4.78, 5) is 11.7. The lowest BCUT2D eigenvalue weighted by Crippen LogP contribution is -2.38. The third-order valence-electron chi connectivity index (χ3n) is 6.83. The third-order valence-corrected chi connectivity index (χ3v) is 7.14. The van der Waals surface area contributed by atoms with E-state index in [4.69, 9.17) is 35.5 Å². The van der Waals surface area contributed by atoms with E-state index >= 15 is 0 Å². The molecule has 2 aliphatic rings. The first-order valence-corrected chi connectivity index (χ1v) is 13.0. The number of halogens is 1. The predicted molar refractivity (Wildman–Crippen MR) is 143 cm³/mol. The summed E-state index contributed by atoms with van der Waals surface area (Å²) >= 11 is 6.50. The van der Waals surface area contributed by atoms with E-state index in [-0.39, 0.29) is 6.10 Å². The summed E-state index contributed by atoms with van der Waals surface area (Å²) < 4.78 is 25.7. The number of aromatic nitrogens is 3. The second-order valence-corrected chi connectivity index (χ2v) is 9.77. The maximum Gasteiger partial charge on any atom is 0.164 e. The van der Waals surface area contributed by atoms with Crippen LogP contribution in [-0.2, 0) is 9.47 Å². The smallest absolute Gasteiger partial charge is 0.164 e. The van der Waals surface area contributed by atoms with Gasteiger partial charge in [0.1, 0.15) is 18.2 Å². The van der Waals surface area contributed by atoms with Gasteiger partial charge in [0.05, 0.1) is 60.7 Å². The van der Waals surface area contributed by atoms with Gasteiger partial charge in [-0.05, 0) is 18.6 Å². The van der Waals surface area contributed by atoms with Gasteiger partial charge in [-0.1, -0.05) is 23.7 Å². The number of fused-ring (bicyclic) bond motifs is 3. The summed E-state index contributed by atoms with van der Waals surface area (Å²) in [6.45, 7) is 8.03. The van der Waals surface area contributed by atoms with Gasteiger partial charge in [0.2, 0.25) is 0 Å². The van der Waals surface area contributed by atoms with Crippen LogP contribution in [-0.4, -0.2) is 78.0 Å². The number of para-hydroxylation sites is 1. The van der Waals surface area contributed by atoms with Crippen LogP contribution in [0.2, 0.25) is 5.02 Å². The average Bonchev–Trinajstić information content (AvgIpc) is 3.60. The molecule has 4 aromatic rings. The van der Waals surface area contributed by atoms with Crippen molar-refractivity contribution in [1.82, 2.24) is 19.3 Å². The van der Waals surface area contributed by atoms with E-state index in [1.54, 1.807) is 12.5 Å². The molecule has 0 radical (unpaired) electrons. The lowest BCUT2D eigenvalue weighted by molar-refractivity contribution is 0.0319. The van der Waals surface area contributed by atoms with Gasteiger partial charge in [-0.2, -0.15) is 0 Å². The van der Waals surface area contributed by atoms with Crippen LogP contribution in [0.5, 0.6) is 11.5 Å². The van der Waals surface area contributed by atoms with Crippen molar-refractivity contribution in [2.45, 2.75) is 19.4 Å². The molecule has 0 spiro atoms. The molecule has 2 fully saturated rings. The molecular formula is C27H30ClN5O4. The minimum atomic E-state index is -0.0145. The molecule has 6 rings (SSSR count). The lowest BCUT2D eigenvalue weighted by Gasteiger charge is -2.26. The largest absolute Gasteiger partial charge is 0.488 e. The minimum Gasteiger partial charge on any atom is -0.488 e. The number of nitrogens with one attached hydrogen (secondary N) is 1. The number of anilines is 2. The van der Waals surface area contributed by atoms with E-state index in [0.717, 1.165) is 67.1 Å². The summed E-state index contributed by atoms with van der Waals surface area (Å²) in [7, 11) is 0. The molecule has 9 nitrogen and oxygen atoms in total. The van der Waals surface area contributed by atoms with E-state index in [9.17, 15) is 0 Å². The zero-order valence-electron chi connectivity index (χ0n) is 20.8. The number of rotatable bonds is 8. The van der Waals surface area contributed by atoms with Crippen LogP contribution in [0.15, 0.2) is 42.9 Å². The van der Waals surface area contributed by atoms with Crippen LogP contribution >= 0.6 is 11.6 Å². The van der Waals surface area contributed by atoms with E-state index in [1.165, 1.54) is 0 Å². The van der Waals surface area contributed by atoms with Crippen molar-refractivity contribution in [3.8, 4) is 11.5 Å². The molecule has 0 saturated carbocycles. The van der Waals surface area contributed by atoms with Crippen molar-refractivity contribution in [2.24, 2.45) is 0 Å². The number of benzene rings is 2. The minimum absolute atomic E-state index is 0.0145. The van der Waals surface area contributed by atoms with Gasteiger partial charge < -0.3 is 24.3 Å². The first-order valence-electron chi connectivity index (χ1n) is 12.6. The van der Waals surface area contributed by atoms with Gasteiger partial charge >= 0.3 is 0 Å². The van der Waals surface area contributed by atoms with E-state index in [1.807, 2.05) is 41.7 Å². The number of aryl methyl sites for hydroxylation is 1. The standard InChI is InChI=1S/C27H30ClN5O4/c1-18-3-2-4-20(28)26(18)31-27-23-15-29-17-33(23)22-14-24(36-12-8-32-6-10-34-11-7-32)25(13-21(22)30-27)37-19-5-9-35-16-19/h2-4,13-15,17,19H,5-12,16H2,1H3,(H,30,31). The van der Waals surface area contributed by atoms with E-state index in [2.05, 4.69) is 15.2 Å². The number of hydrogen-bond acceptors (Lipinski definition) is 8. The molecule has 2 aromatic heterocycles. The van der Waals surface area contributed by atoms with Gasteiger partial charge in [0.15, 0.2) is 17.3 Å². The number of hydrogen-bond donors (Lipinski definition) is 1. The molecule has 1 unspecified atom stereocenters. The van der Waals surface area contributed by atoms with Crippen molar-refractivity contribution >= 4 is 39.7 Å². The van der Waals surface area contributed by atoms with Crippen LogP contribution in [0.4, 0.5) is 11.5 Å². The summed E-state index contributed by atoms with van der Waals surface area (Å²) in [5.74, 6) is 2.02. The highest BCUT2D eigenvalue weighted by molar-refractivity contribution is 6.33. The fourth-order valence-electron chi connectivity index (χ4n) is 4.76. The Kier molecular flexibility index (Phi) is 7.01. The van der Waals surface area contributed by atoms with Gasteiger partial charge in [-0.25, -0.2) is 9.97 Å². The van der Waals surface area contributed by atoms with Gasteiger partial charge in [0, 0.05) is 38.2 Å². The highest BCUT2D eigenvalue weighted by atomic mass is 35.5. The molecule has 1 atom stereocenters. The monoisotopic (exact) mass is 523 g/mol. The average molecular weight is 524 g/mol. The molecule has 2 aliphatic heterocycles. The molecule has 194 valence electrons. The Bertz CT molecular complexity index is 1380. The van der Waals surface area contributed by atoms with Crippen molar-refractivity contribution in [2.75, 3.05) is 58.0 Å². The van der Waals surface area contributed by atoms with Gasteiger partial charge in [0.25, 0.3) is 0 Å². The lowest BCUT2D eigenvalue weighted by atomic mass is 10.2. The predicted octanol–water partition coefficient (Wildman–Crippen LogP) is 4.47. The van der Waals surface area contributed by atoms with Crippen molar-refractivity contribution in [1.29, 1.82) is 0 Å². The molecule has 1 N–H and O–H groups in total. The second kappa shape index (κ2) is 10.7. The number of ether oxygens (including phenoxy) is 4. The maximum atomic E-state index is 6.50. The molecule has 4 heterocycles. The van der Waals surface area contributed by atoms with E-state index in [0.29, 0.717) is 42.2 Å². The Hall–Kier alpha value is -3.11. The molecular weight excluding hydrogens is 494 g/mol. The van der Waals surface area contributed by atoms with Crippen molar-refractivity contribution < 1.29 is 18.9 Å². The Balaban J connectivity index is 1.36. The third kappa shape index (κ3) is 5.17. The van der Waals surface area contributed by atoms with Gasteiger partial charge in [-0.15, -0.1) is 0 Å². The maximum absolute atomic E-state index is 6.50. The fourth-order valence-corrected chi connectivity index (χ4v) is 5.03. The van der Waals surface area contributed by atoms with Crippen LogP contribution in [0.1, 0.15) is 12.0 Å². The Morgan fingerprint density at radius 3 is 2.81 bits per heavy atom. The van der Waals surface area contributed by atoms with Crippen LogP contribution < -0.4 is 14.8 Å². The number of nitrogens with zero attached hydrogens (tertiary/aromatic N) is 4. The highest BCUT2D eigenvalue weighted by Gasteiger charge is 2.22. The molecule has 0 amide bonds. The Labute approximate surface area is 220 Å². The molecule has 10 heteroatoms. The number of imidazole rings is 1. The molecule has 2 aromatic carbocycles. The SMILES string of the molecule is Cc1cccc(Cl)c1Nc1nc2cc(OC3CCOC3)c(OCCN3CCOCC3)cc2n2cncc12. The normalized spacial score (nSPS) is 18.5. The Morgan fingerprint density at radius 1 is 1.11 bits per heavy atom. The zero-order valence-corrected chi connectivity index (χ0v) is 21.5. The summed E-state index contributed by atoms with van der Waals surface area (Å²) in [6, 6.07) is 9.75. The second-order valence-electron chi connectivity index (χ2n) is 9.36. The van der Waals surface area contributed by atoms with Crippen molar-refractivity contribution in [3.05, 3.63) is 53.4 Å². The number of morpholine rings is 1. The quantitative estimate of drug-likeness (QED) is 0.362. The highest BCUT2D eigenvalue weighted by Crippen LogP contribution is 2.36.